The number of nitrogens with one attached hydrogen (secondary N) is 12. The Kier molecular flexibility index (Phi) is 40.2. The first kappa shape index (κ1) is 109. The smallest absolute Gasteiger partial charge is 0.323 e. The standard InChI is InChI=1S/C93H128N22O23S/c1-9-11-21-71-86(131)104-63(34-50(3)4)83(128)109-69(81(126)99-43-76(96)119)47-139-48-77(120)101-66(35-52-25-27-56(116)28-26-52)89(134)110(6)51(5)80(125)107-68(40-78(121)122)92(137)114-33-17-24-72(114)87(132)106-65(38-55-42-97-49-100-55)85(130)103-62(29-30-75(95)118)91(136)115-45-57(117)39-74(115)88(133)105-64(36-53-41-98-60-20-15-13-18-58(53)60)84(129)102-61(31-32-94)82(127)108-67(90(135)112(8)73(22-12-10-2)93(138)111(71)7)37-54-44-113(46-79(123)124)70-23-16-14-19-59(54)70/h13-16,18-20,23,25-28,41-42,44,49-51,57,61-69,71-74,98,116-117H,9-12,17,21-22,24,29-40,43,45-48,94H2,1-8H3,(H2,95,118)(H2,96,119)(H,97,100)(H,99,126)(H,101,120)(H,102,129)(H,103,130)(H,104,131)(H,105,133)(H,106,132)(H,107,125)(H,108,127)(H,109,128)(H,121,122)(H,123,124)/t51-,57+,61-,62-,63-,64-,65-,66-,67-,68+,69-,71-,72-,73-,74-/m0/s1. The number of rotatable bonds is 28. The van der Waals surface area contributed by atoms with Crippen LogP contribution < -0.4 is 70.4 Å². The van der Waals surface area contributed by atoms with Crippen LogP contribution in [0.25, 0.3) is 21.8 Å². The summed E-state index contributed by atoms with van der Waals surface area (Å²) < 4.78 is 1.43. The van der Waals surface area contributed by atoms with Crippen molar-refractivity contribution in [2.75, 3.05) is 58.8 Å². The Balaban J connectivity index is 1.12. The molecule has 46 heteroatoms. The van der Waals surface area contributed by atoms with Crippen LogP contribution in [0, 0.1) is 5.92 Å². The third-order valence-corrected chi connectivity index (χ3v) is 25.8. The molecule has 139 heavy (non-hydrogen) atoms. The number of hydrogen-bond acceptors (Lipinski definition) is 24. The van der Waals surface area contributed by atoms with Gasteiger partial charge in [-0.3, -0.25) is 91.1 Å². The summed E-state index contributed by atoms with van der Waals surface area (Å²) in [5.41, 5.74) is 19.8. The average Bonchev–Trinajstić information content (AvgIpc) is 1.66. The number of phenolic OH excluding ortho intramolecular Hbond substituents is 1. The van der Waals surface area contributed by atoms with E-state index in [1.165, 1.54) is 75.6 Å². The number of aliphatic hydroxyl groups excluding tert-OH is 1. The number of H-pyrrole nitrogens is 2. The van der Waals surface area contributed by atoms with E-state index in [2.05, 4.69) is 68.1 Å². The van der Waals surface area contributed by atoms with Gasteiger partial charge in [-0.05, 0) is 105 Å². The van der Waals surface area contributed by atoms with E-state index in [0.29, 0.717) is 64.2 Å². The van der Waals surface area contributed by atoms with Gasteiger partial charge < -0.3 is 130 Å². The molecule has 0 aliphatic carbocycles. The maximum Gasteiger partial charge on any atom is 0.323 e. The summed E-state index contributed by atoms with van der Waals surface area (Å²) in [6, 6.07) is -3.55. The Bertz CT molecular complexity index is 5420. The minimum atomic E-state index is -1.94. The number of phenols is 1. The Hall–Kier alpha value is -14.1. The number of aliphatic carboxylic acids is 2. The van der Waals surface area contributed by atoms with Gasteiger partial charge in [0, 0.05) is 125 Å². The molecule has 0 spiro atoms. The van der Waals surface area contributed by atoms with Crippen LogP contribution in [0.4, 0.5) is 0 Å². The zero-order valence-electron chi connectivity index (χ0n) is 79.0. The fourth-order valence-electron chi connectivity index (χ4n) is 17.2. The lowest BCUT2D eigenvalue weighted by molar-refractivity contribution is -0.149. The van der Waals surface area contributed by atoms with Crippen LogP contribution in [0.2, 0.25) is 0 Å². The van der Waals surface area contributed by atoms with Gasteiger partial charge >= 0.3 is 11.9 Å². The van der Waals surface area contributed by atoms with E-state index in [1.807, 2.05) is 13.8 Å². The zero-order chi connectivity index (χ0) is 102. The summed E-state index contributed by atoms with van der Waals surface area (Å²) >= 11 is 0.764. The highest BCUT2D eigenvalue weighted by molar-refractivity contribution is 8.00. The molecule has 3 saturated heterocycles. The number of benzene rings is 3. The van der Waals surface area contributed by atoms with E-state index in [1.54, 1.807) is 68.6 Å². The second kappa shape index (κ2) is 51.4. The van der Waals surface area contributed by atoms with Gasteiger partial charge in [0.05, 0.1) is 31.1 Å². The molecule has 6 heterocycles. The predicted octanol–water partition coefficient (Wildman–Crippen LogP) is -2.41. The first-order chi connectivity index (χ1) is 66.1. The second-order valence-electron chi connectivity index (χ2n) is 35.7. The van der Waals surface area contributed by atoms with Crippen molar-refractivity contribution in [1.82, 2.24) is 97.2 Å². The zero-order valence-corrected chi connectivity index (χ0v) is 79.8. The highest BCUT2D eigenvalue weighted by Gasteiger charge is 2.47. The van der Waals surface area contributed by atoms with E-state index in [9.17, 15) is 73.2 Å². The van der Waals surface area contributed by atoms with Crippen LogP contribution in [0.15, 0.2) is 97.7 Å². The van der Waals surface area contributed by atoms with Gasteiger partial charge in [-0.1, -0.05) is 102 Å². The maximum atomic E-state index is 16.0. The van der Waals surface area contributed by atoms with Gasteiger partial charge in [-0.25, -0.2) is 4.98 Å². The largest absolute Gasteiger partial charge is 0.508 e. The molecule has 754 valence electrons. The molecule has 9 rings (SSSR count). The lowest BCUT2D eigenvalue weighted by atomic mass is 9.99. The lowest BCUT2D eigenvalue weighted by Crippen LogP contribution is -2.61. The lowest BCUT2D eigenvalue weighted by Gasteiger charge is -2.36. The summed E-state index contributed by atoms with van der Waals surface area (Å²) in [7, 11) is 3.84. The van der Waals surface area contributed by atoms with Crippen molar-refractivity contribution in [1.29, 1.82) is 0 Å². The molecule has 3 aromatic heterocycles. The fourth-order valence-corrected chi connectivity index (χ4v) is 18.1. The van der Waals surface area contributed by atoms with E-state index < -0.39 is 273 Å². The van der Waals surface area contributed by atoms with E-state index in [4.69, 9.17) is 17.2 Å². The highest BCUT2D eigenvalue weighted by Crippen LogP contribution is 2.29. The number of carbonyl (C=O) groups excluding carboxylic acids is 17. The molecular weight excluding hydrogens is 1830 g/mol. The number of carbonyl (C=O) groups is 19. The fraction of sp³-hybridized carbons (Fsp3) is 0.527. The number of nitrogens with zero attached hydrogens (tertiary/aromatic N) is 7. The molecule has 0 radical (unpaired) electrons. The predicted molar refractivity (Wildman–Crippen MR) is 505 cm³/mol. The number of aromatic hydroxyl groups is 1. The summed E-state index contributed by atoms with van der Waals surface area (Å²) in [4.78, 5) is 291. The number of carboxylic acids is 2. The molecule has 3 aliphatic rings. The van der Waals surface area contributed by atoms with Gasteiger partial charge in [-0.15, -0.1) is 11.8 Å². The Morgan fingerprint density at radius 1 is 0.561 bits per heavy atom. The van der Waals surface area contributed by atoms with Gasteiger partial charge in [0.2, 0.25) is 100 Å². The van der Waals surface area contributed by atoms with Crippen molar-refractivity contribution in [3.8, 4) is 5.75 Å². The highest BCUT2D eigenvalue weighted by atomic mass is 32.2. The minimum absolute atomic E-state index is 0.0152. The maximum absolute atomic E-state index is 16.0. The van der Waals surface area contributed by atoms with E-state index >= 15 is 38.4 Å². The number of hydrogen-bond donors (Lipinski definition) is 19. The number of thioether (sulfide) groups is 1. The Morgan fingerprint density at radius 3 is 1.78 bits per heavy atom. The molecule has 0 unspecified atom stereocenters. The van der Waals surface area contributed by atoms with E-state index in [-0.39, 0.29) is 81.8 Å². The topological polar surface area (TPSA) is 669 Å². The van der Waals surface area contributed by atoms with Crippen LogP contribution in [-0.4, -0.2) is 326 Å². The van der Waals surface area contributed by atoms with Gasteiger partial charge in [0.1, 0.15) is 96.9 Å². The minimum Gasteiger partial charge on any atom is -0.508 e. The SMILES string of the molecule is CCCC[C@H]1C(=O)N(C)[C@@H](CCCC)C(=O)N[C@@H](CC(C)C)C(=O)N[C@H](C(=O)NCC(N)=O)CSCC(=O)N[C@@H](Cc2ccc(O)cc2)C(=O)N(C)[C@@H](C)C(=O)N[C@H](CC(=O)O)C(=O)N2CCC[C@H]2C(=O)N[C@@H](Cc2cnc[nH]2)C(=O)N[C@@H](CCC(N)=O)C(=O)N2C[C@H](O)C[C@H]2C(=O)N[C@@H](Cc2c[nH]c3ccccc23)C(=O)N[C@@H](CCN)C(=O)N[C@@H](Cc2cn(CC(=O)O)c3ccccc23)C(=O)N1C. The molecule has 17 amide bonds. The van der Waals surface area contributed by atoms with Gasteiger partial charge in [0.15, 0.2) is 0 Å². The molecular formula is C93H128N22O23S. The number of aromatic nitrogens is 4. The van der Waals surface area contributed by atoms with E-state index in [0.717, 1.165) is 36.3 Å². The van der Waals surface area contributed by atoms with Crippen molar-refractivity contribution >= 4 is 146 Å². The molecule has 22 N–H and O–H groups in total. The molecule has 3 fully saturated rings. The molecule has 3 aromatic carbocycles. The van der Waals surface area contributed by atoms with Gasteiger partial charge in [-0.2, -0.15) is 0 Å². The Morgan fingerprint density at radius 2 is 1.14 bits per heavy atom. The van der Waals surface area contributed by atoms with Crippen molar-refractivity contribution in [2.45, 2.75) is 247 Å². The number of aromatic amines is 2. The first-order valence-corrected chi connectivity index (χ1v) is 47.5. The van der Waals surface area contributed by atoms with Gasteiger partial charge in [0.25, 0.3) is 0 Å². The summed E-state index contributed by atoms with van der Waals surface area (Å²) in [5, 5.41) is 69.5. The normalized spacial score (nSPS) is 24.4. The van der Waals surface area contributed by atoms with Crippen molar-refractivity contribution in [3.05, 3.63) is 120 Å². The number of imidazole rings is 1. The number of primary amides is 2. The average molecular weight is 1950 g/mol. The quantitative estimate of drug-likeness (QED) is 0.0243. The number of amides is 17. The number of nitrogens with two attached hydrogens (primary N) is 3. The van der Waals surface area contributed by atoms with Crippen molar-refractivity contribution < 1.29 is 112 Å². The van der Waals surface area contributed by atoms with Crippen LogP contribution in [-0.2, 0) is 123 Å². The molecule has 15 atom stereocenters. The third-order valence-electron chi connectivity index (χ3n) is 24.8. The molecule has 6 aromatic rings. The first-order valence-electron chi connectivity index (χ1n) is 46.3. The summed E-state index contributed by atoms with van der Waals surface area (Å²) in [6.45, 7) is 6.01. The molecule has 0 bridgehead atoms. The Labute approximate surface area is 806 Å². The summed E-state index contributed by atoms with van der Waals surface area (Å²) in [6.07, 6.45) is 1.13. The number of para-hydroxylation sites is 2. The second-order valence-corrected chi connectivity index (χ2v) is 36.7. The number of fused-ring (bicyclic) bond motifs is 4. The van der Waals surface area contributed by atoms with Crippen molar-refractivity contribution in [3.63, 3.8) is 0 Å². The number of carboxylic acid groups (broad SMARTS) is 2. The number of likely N-dealkylation sites (N-methyl/N-ethyl adjacent to an activating group) is 3. The molecule has 0 saturated carbocycles. The van der Waals surface area contributed by atoms with Crippen LogP contribution in [0.3, 0.4) is 0 Å². The number of unbranched alkanes of at least 4 members (excludes halogenated alkanes) is 2. The third kappa shape index (κ3) is 30.2. The molecule has 3 aliphatic heterocycles. The van der Waals surface area contributed by atoms with Crippen LogP contribution in [0.5, 0.6) is 5.75 Å². The van der Waals surface area contributed by atoms with Crippen LogP contribution in [0.1, 0.15) is 147 Å². The monoisotopic (exact) mass is 1950 g/mol. The van der Waals surface area contributed by atoms with Crippen molar-refractivity contribution in [2.24, 2.45) is 23.1 Å². The number of aliphatic hydroxyl groups is 1. The van der Waals surface area contributed by atoms with Crippen LogP contribution >= 0.6 is 11.8 Å². The molecule has 45 nitrogen and oxygen atoms in total. The summed E-state index contributed by atoms with van der Waals surface area (Å²) in [5.74, 6) is -21.0.